The molecule has 124 valence electrons. The molecular weight excluding hydrogens is 271 g/mol. The van der Waals surface area contributed by atoms with Crippen LogP contribution in [0.4, 0.5) is 0 Å². The summed E-state index contributed by atoms with van der Waals surface area (Å²) in [4.78, 5) is 0. The predicted octanol–water partition coefficient (Wildman–Crippen LogP) is 7.49. The Hall–Kier alpha value is 0.430. The minimum atomic E-state index is 0.204. The van der Waals surface area contributed by atoms with Crippen molar-refractivity contribution in [3.63, 3.8) is 0 Å². The van der Waals surface area contributed by atoms with E-state index < -0.39 is 0 Å². The first kappa shape index (κ1) is 17.8. The normalized spacial score (nSPS) is 25.1. The van der Waals surface area contributed by atoms with Crippen LogP contribution >= 0.6 is 7.92 Å². The molecule has 2 saturated carbocycles. The lowest BCUT2D eigenvalue weighted by atomic mass is 10.00. The van der Waals surface area contributed by atoms with E-state index in [0.29, 0.717) is 5.16 Å². The molecule has 2 aliphatic carbocycles. The van der Waals surface area contributed by atoms with E-state index in [2.05, 4.69) is 20.8 Å². The van der Waals surface area contributed by atoms with Gasteiger partial charge in [0.2, 0.25) is 0 Å². The Labute approximate surface area is 135 Å². The quantitative estimate of drug-likeness (QED) is 0.463. The van der Waals surface area contributed by atoms with Crippen LogP contribution in [0, 0.1) is 0 Å². The van der Waals surface area contributed by atoms with Crippen LogP contribution in [0.2, 0.25) is 0 Å². The standard InChI is InChI=1S/C20H39P/c1-20(2,3)21(18-14-10-6-4-7-11-15-18)19-16-12-8-5-9-13-17-19/h18-19H,4-17H2,1-3H3. The number of hydrogen-bond acceptors (Lipinski definition) is 0. The summed E-state index contributed by atoms with van der Waals surface area (Å²) in [5.74, 6) is 0. The molecule has 0 nitrogen and oxygen atoms in total. The molecule has 0 aromatic rings. The van der Waals surface area contributed by atoms with Crippen LogP contribution < -0.4 is 0 Å². The highest BCUT2D eigenvalue weighted by atomic mass is 31.1. The van der Waals surface area contributed by atoms with Gasteiger partial charge in [-0.05, 0) is 42.2 Å². The van der Waals surface area contributed by atoms with Crippen molar-refractivity contribution < 1.29 is 0 Å². The predicted molar refractivity (Wildman–Crippen MR) is 98.9 cm³/mol. The lowest BCUT2D eigenvalue weighted by Crippen LogP contribution is -2.29. The molecule has 0 aliphatic heterocycles. The second-order valence-electron chi connectivity index (χ2n) is 8.58. The zero-order valence-electron chi connectivity index (χ0n) is 15.0. The highest BCUT2D eigenvalue weighted by Gasteiger charge is 2.36. The van der Waals surface area contributed by atoms with Crippen LogP contribution in [-0.4, -0.2) is 16.5 Å². The molecular formula is C20H39P. The van der Waals surface area contributed by atoms with E-state index in [-0.39, 0.29) is 7.92 Å². The van der Waals surface area contributed by atoms with E-state index >= 15 is 0 Å². The molecule has 21 heavy (non-hydrogen) atoms. The monoisotopic (exact) mass is 310 g/mol. The average molecular weight is 311 g/mol. The van der Waals surface area contributed by atoms with E-state index in [1.165, 1.54) is 64.2 Å². The third-order valence-corrected chi connectivity index (χ3v) is 9.87. The Morgan fingerprint density at radius 2 is 0.810 bits per heavy atom. The SMILES string of the molecule is CC(C)(C)P(C1CCCCCCC1)C1CCCCCCC1. The summed E-state index contributed by atoms with van der Waals surface area (Å²) in [5, 5.41) is 0.572. The van der Waals surface area contributed by atoms with Crippen molar-refractivity contribution in [1.82, 2.24) is 0 Å². The fourth-order valence-corrected chi connectivity index (χ4v) is 9.45. The molecule has 0 spiro atoms. The van der Waals surface area contributed by atoms with Crippen LogP contribution in [0.1, 0.15) is 111 Å². The molecule has 0 aromatic heterocycles. The largest absolute Gasteiger partial charge is 0.0948 e. The minimum absolute atomic E-state index is 0.204. The molecule has 0 aromatic carbocycles. The summed E-state index contributed by atoms with van der Waals surface area (Å²) in [5.41, 5.74) is 2.18. The molecule has 0 bridgehead atoms. The molecule has 1 heteroatoms. The molecule has 0 saturated heterocycles. The van der Waals surface area contributed by atoms with E-state index in [1.807, 2.05) is 0 Å². The zero-order chi connectivity index (χ0) is 15.1. The molecule has 2 rings (SSSR count). The van der Waals surface area contributed by atoms with Gasteiger partial charge in [0.15, 0.2) is 0 Å². The van der Waals surface area contributed by atoms with Crippen LogP contribution in [0.15, 0.2) is 0 Å². The van der Waals surface area contributed by atoms with Crippen LogP contribution in [-0.2, 0) is 0 Å². The van der Waals surface area contributed by atoms with Crippen molar-refractivity contribution in [2.24, 2.45) is 0 Å². The minimum Gasteiger partial charge on any atom is -0.0948 e. The smallest absolute Gasteiger partial charge is 0.0174 e. The van der Waals surface area contributed by atoms with Gasteiger partial charge in [-0.25, -0.2) is 0 Å². The molecule has 0 unspecified atom stereocenters. The summed E-state index contributed by atoms with van der Waals surface area (Å²) in [6.07, 6.45) is 21.3. The molecule has 0 heterocycles. The Bertz CT molecular complexity index is 240. The summed E-state index contributed by atoms with van der Waals surface area (Å²) >= 11 is 0. The fourth-order valence-electron chi connectivity index (χ4n) is 4.82. The maximum atomic E-state index is 2.57. The molecule has 0 N–H and O–H groups in total. The third kappa shape index (κ3) is 5.85. The summed E-state index contributed by atoms with van der Waals surface area (Å²) < 4.78 is 0. The van der Waals surface area contributed by atoms with E-state index in [9.17, 15) is 0 Å². The van der Waals surface area contributed by atoms with E-state index in [4.69, 9.17) is 0 Å². The second-order valence-corrected chi connectivity index (χ2v) is 12.2. The fraction of sp³-hybridized carbons (Fsp3) is 1.00. The Balaban J connectivity index is 2.07. The number of hydrogen-bond donors (Lipinski definition) is 0. The summed E-state index contributed by atoms with van der Waals surface area (Å²) in [6.45, 7) is 7.70. The number of rotatable bonds is 2. The van der Waals surface area contributed by atoms with Crippen LogP contribution in [0.3, 0.4) is 0 Å². The highest BCUT2D eigenvalue weighted by Crippen LogP contribution is 2.62. The molecule has 0 atom stereocenters. The zero-order valence-corrected chi connectivity index (χ0v) is 15.9. The Morgan fingerprint density at radius 3 is 1.10 bits per heavy atom. The van der Waals surface area contributed by atoms with Crippen molar-refractivity contribution in [2.45, 2.75) is 127 Å². The van der Waals surface area contributed by atoms with Crippen molar-refractivity contribution in [3.8, 4) is 0 Å². The Morgan fingerprint density at radius 1 is 0.524 bits per heavy atom. The van der Waals surface area contributed by atoms with Gasteiger partial charge in [-0.1, -0.05) is 92.9 Å². The second kappa shape index (κ2) is 8.90. The van der Waals surface area contributed by atoms with Crippen LogP contribution in [0.5, 0.6) is 0 Å². The van der Waals surface area contributed by atoms with Gasteiger partial charge in [0.05, 0.1) is 0 Å². The lowest BCUT2D eigenvalue weighted by Gasteiger charge is -2.45. The Kier molecular flexibility index (Phi) is 7.54. The first-order valence-corrected chi connectivity index (χ1v) is 11.4. The van der Waals surface area contributed by atoms with Crippen molar-refractivity contribution in [3.05, 3.63) is 0 Å². The molecule has 2 aliphatic rings. The highest BCUT2D eigenvalue weighted by molar-refractivity contribution is 7.60. The summed E-state index contributed by atoms with van der Waals surface area (Å²) in [6, 6.07) is 0. The van der Waals surface area contributed by atoms with Gasteiger partial charge >= 0.3 is 0 Å². The molecule has 0 radical (unpaired) electrons. The average Bonchev–Trinajstić information content (AvgIpc) is 2.32. The first-order valence-electron chi connectivity index (χ1n) is 9.87. The first-order chi connectivity index (χ1) is 10.1. The van der Waals surface area contributed by atoms with Crippen molar-refractivity contribution >= 4 is 7.92 Å². The van der Waals surface area contributed by atoms with Gasteiger partial charge in [0.25, 0.3) is 0 Å². The maximum absolute atomic E-state index is 2.57. The van der Waals surface area contributed by atoms with Gasteiger partial charge in [-0.15, -0.1) is 0 Å². The van der Waals surface area contributed by atoms with Crippen LogP contribution in [0.25, 0.3) is 0 Å². The molecule has 0 amide bonds. The van der Waals surface area contributed by atoms with E-state index in [1.54, 1.807) is 25.7 Å². The van der Waals surface area contributed by atoms with Gasteiger partial charge in [0, 0.05) is 0 Å². The third-order valence-electron chi connectivity index (χ3n) is 5.71. The molecule has 2 fully saturated rings. The summed E-state index contributed by atoms with van der Waals surface area (Å²) in [7, 11) is 0.204. The van der Waals surface area contributed by atoms with Crippen molar-refractivity contribution in [2.75, 3.05) is 0 Å². The topological polar surface area (TPSA) is 0 Å². The van der Waals surface area contributed by atoms with E-state index in [0.717, 1.165) is 11.3 Å². The van der Waals surface area contributed by atoms with Gasteiger partial charge < -0.3 is 0 Å². The van der Waals surface area contributed by atoms with Crippen molar-refractivity contribution in [1.29, 1.82) is 0 Å². The maximum Gasteiger partial charge on any atom is -0.0174 e. The van der Waals surface area contributed by atoms with Gasteiger partial charge in [-0.2, -0.15) is 0 Å². The lowest BCUT2D eigenvalue weighted by molar-refractivity contribution is 0.482. The van der Waals surface area contributed by atoms with Gasteiger partial charge in [-0.3, -0.25) is 0 Å². The van der Waals surface area contributed by atoms with Gasteiger partial charge in [0.1, 0.15) is 0 Å².